The summed E-state index contributed by atoms with van der Waals surface area (Å²) in [6, 6.07) is 0.749. The van der Waals surface area contributed by atoms with Crippen molar-refractivity contribution < 1.29 is 0 Å². The number of hydrazine groups is 1. The molecule has 0 aromatic rings. The second kappa shape index (κ2) is 4.60. The van der Waals surface area contributed by atoms with Crippen LogP contribution in [-0.2, 0) is 0 Å². The van der Waals surface area contributed by atoms with Gasteiger partial charge in [-0.1, -0.05) is 6.92 Å². The Morgan fingerprint density at radius 1 is 1.21 bits per heavy atom. The van der Waals surface area contributed by atoms with E-state index in [0.717, 1.165) is 12.0 Å². The molecule has 14 heavy (non-hydrogen) atoms. The molecule has 3 heteroatoms. The Bertz CT molecular complexity index is 171. The topological polar surface area (TPSA) is 18.5 Å². The number of hydrogen-bond acceptors (Lipinski definition) is 3. The monoisotopic (exact) mass is 197 g/mol. The molecule has 1 heterocycles. The Morgan fingerprint density at radius 2 is 1.86 bits per heavy atom. The standard InChI is InChI=1S/C11H23N3/c1-3-11(10-4-5-10)12-14-8-6-13(2)7-9-14/h10-12H,3-9H2,1-2H3. The molecule has 82 valence electrons. The van der Waals surface area contributed by atoms with Crippen LogP contribution in [0.2, 0.25) is 0 Å². The Kier molecular flexibility index (Phi) is 3.42. The van der Waals surface area contributed by atoms with Gasteiger partial charge in [0.05, 0.1) is 0 Å². The molecule has 0 amide bonds. The van der Waals surface area contributed by atoms with E-state index in [2.05, 4.69) is 29.3 Å². The lowest BCUT2D eigenvalue weighted by atomic mass is 10.1. The molecule has 2 aliphatic rings. The maximum absolute atomic E-state index is 3.69. The average molecular weight is 197 g/mol. The van der Waals surface area contributed by atoms with Crippen molar-refractivity contribution in [2.75, 3.05) is 33.2 Å². The lowest BCUT2D eigenvalue weighted by Gasteiger charge is -2.35. The van der Waals surface area contributed by atoms with Crippen molar-refractivity contribution in [1.29, 1.82) is 0 Å². The van der Waals surface area contributed by atoms with Crippen molar-refractivity contribution in [2.24, 2.45) is 5.92 Å². The maximum Gasteiger partial charge on any atom is 0.0259 e. The van der Waals surface area contributed by atoms with Crippen molar-refractivity contribution in [1.82, 2.24) is 15.3 Å². The average Bonchev–Trinajstić information content (AvgIpc) is 3.01. The van der Waals surface area contributed by atoms with Crippen LogP contribution < -0.4 is 5.43 Å². The predicted octanol–water partition coefficient (Wildman–Crippen LogP) is 0.927. The summed E-state index contributed by atoms with van der Waals surface area (Å²) < 4.78 is 0. The summed E-state index contributed by atoms with van der Waals surface area (Å²) in [5.41, 5.74) is 3.69. The van der Waals surface area contributed by atoms with E-state index in [1.165, 1.54) is 45.4 Å². The van der Waals surface area contributed by atoms with E-state index in [1.54, 1.807) is 0 Å². The van der Waals surface area contributed by atoms with Gasteiger partial charge >= 0.3 is 0 Å². The maximum atomic E-state index is 3.69. The fourth-order valence-corrected chi connectivity index (χ4v) is 2.20. The molecule has 1 N–H and O–H groups in total. The third kappa shape index (κ3) is 2.69. The highest BCUT2D eigenvalue weighted by Crippen LogP contribution is 2.34. The van der Waals surface area contributed by atoms with Crippen LogP contribution in [0.4, 0.5) is 0 Å². The number of likely N-dealkylation sites (N-methyl/N-ethyl adjacent to an activating group) is 1. The Hall–Kier alpha value is -0.120. The van der Waals surface area contributed by atoms with Gasteiger partial charge in [-0.2, -0.15) is 0 Å². The van der Waals surface area contributed by atoms with Gasteiger partial charge in [-0.05, 0) is 32.2 Å². The minimum atomic E-state index is 0.749. The summed E-state index contributed by atoms with van der Waals surface area (Å²) in [5.74, 6) is 0.972. The van der Waals surface area contributed by atoms with Crippen LogP contribution in [0.3, 0.4) is 0 Å². The van der Waals surface area contributed by atoms with Crippen LogP contribution in [0.15, 0.2) is 0 Å². The number of nitrogens with one attached hydrogen (secondary N) is 1. The predicted molar refractivity (Wildman–Crippen MR) is 59.0 cm³/mol. The first kappa shape index (κ1) is 10.4. The second-order valence-corrected chi connectivity index (χ2v) is 4.77. The number of piperazine rings is 1. The van der Waals surface area contributed by atoms with E-state index in [-0.39, 0.29) is 0 Å². The number of hydrogen-bond donors (Lipinski definition) is 1. The Balaban J connectivity index is 1.72. The molecule has 2 rings (SSSR count). The molecular weight excluding hydrogens is 174 g/mol. The minimum absolute atomic E-state index is 0.749. The molecule has 1 saturated carbocycles. The molecule has 0 spiro atoms. The largest absolute Gasteiger partial charge is 0.304 e. The molecule has 1 aliphatic carbocycles. The quantitative estimate of drug-likeness (QED) is 0.723. The normalized spacial score (nSPS) is 27.9. The van der Waals surface area contributed by atoms with E-state index >= 15 is 0 Å². The van der Waals surface area contributed by atoms with Crippen LogP contribution in [0.25, 0.3) is 0 Å². The zero-order valence-corrected chi connectivity index (χ0v) is 9.50. The van der Waals surface area contributed by atoms with Crippen LogP contribution in [0.5, 0.6) is 0 Å². The zero-order valence-electron chi connectivity index (χ0n) is 9.50. The van der Waals surface area contributed by atoms with Crippen molar-refractivity contribution in [2.45, 2.75) is 32.2 Å². The molecule has 0 radical (unpaired) electrons. The molecule has 0 aromatic carbocycles. The van der Waals surface area contributed by atoms with Crippen molar-refractivity contribution in [3.8, 4) is 0 Å². The van der Waals surface area contributed by atoms with Crippen LogP contribution in [-0.4, -0.2) is 49.2 Å². The van der Waals surface area contributed by atoms with Crippen LogP contribution in [0.1, 0.15) is 26.2 Å². The third-order valence-electron chi connectivity index (χ3n) is 3.48. The SMILES string of the molecule is CCC(NN1CCN(C)CC1)C1CC1. The van der Waals surface area contributed by atoms with Gasteiger partial charge in [0.1, 0.15) is 0 Å². The minimum Gasteiger partial charge on any atom is -0.304 e. The summed E-state index contributed by atoms with van der Waals surface area (Å²) in [5, 5.41) is 2.42. The van der Waals surface area contributed by atoms with E-state index in [0.29, 0.717) is 0 Å². The van der Waals surface area contributed by atoms with E-state index in [4.69, 9.17) is 0 Å². The van der Waals surface area contributed by atoms with Gasteiger partial charge in [0.25, 0.3) is 0 Å². The summed E-state index contributed by atoms with van der Waals surface area (Å²) in [4.78, 5) is 2.40. The summed E-state index contributed by atoms with van der Waals surface area (Å²) >= 11 is 0. The molecule has 3 nitrogen and oxygen atoms in total. The molecule has 2 fully saturated rings. The fourth-order valence-electron chi connectivity index (χ4n) is 2.20. The van der Waals surface area contributed by atoms with Gasteiger partial charge in [-0.25, -0.2) is 5.01 Å². The molecule has 0 aromatic heterocycles. The molecular formula is C11H23N3. The molecule has 1 saturated heterocycles. The lowest BCUT2D eigenvalue weighted by Crippen LogP contribution is -2.54. The van der Waals surface area contributed by atoms with E-state index < -0.39 is 0 Å². The van der Waals surface area contributed by atoms with Crippen LogP contribution >= 0.6 is 0 Å². The molecule has 1 aliphatic heterocycles. The highest BCUT2D eigenvalue weighted by Gasteiger charge is 2.31. The van der Waals surface area contributed by atoms with Crippen molar-refractivity contribution in [3.63, 3.8) is 0 Å². The number of nitrogens with zero attached hydrogens (tertiary/aromatic N) is 2. The molecule has 0 bridgehead atoms. The number of rotatable bonds is 4. The third-order valence-corrected chi connectivity index (χ3v) is 3.48. The first-order valence-electron chi connectivity index (χ1n) is 5.99. The molecule has 1 unspecified atom stereocenters. The van der Waals surface area contributed by atoms with Gasteiger partial charge in [-0.3, -0.25) is 5.43 Å². The fraction of sp³-hybridized carbons (Fsp3) is 1.00. The van der Waals surface area contributed by atoms with E-state index in [1.807, 2.05) is 0 Å². The van der Waals surface area contributed by atoms with Gasteiger partial charge in [0.2, 0.25) is 0 Å². The first-order chi connectivity index (χ1) is 6.79. The zero-order chi connectivity index (χ0) is 9.97. The first-order valence-corrected chi connectivity index (χ1v) is 5.99. The van der Waals surface area contributed by atoms with Gasteiger partial charge in [0.15, 0.2) is 0 Å². The summed E-state index contributed by atoms with van der Waals surface area (Å²) in [6.07, 6.45) is 4.16. The van der Waals surface area contributed by atoms with Gasteiger partial charge < -0.3 is 4.90 Å². The summed E-state index contributed by atoms with van der Waals surface area (Å²) in [6.45, 7) is 7.06. The van der Waals surface area contributed by atoms with Gasteiger partial charge in [-0.15, -0.1) is 0 Å². The highest BCUT2D eigenvalue weighted by molar-refractivity contribution is 4.85. The smallest absolute Gasteiger partial charge is 0.0259 e. The molecule has 1 atom stereocenters. The van der Waals surface area contributed by atoms with Crippen molar-refractivity contribution >= 4 is 0 Å². The summed E-state index contributed by atoms with van der Waals surface area (Å²) in [7, 11) is 2.20. The highest BCUT2D eigenvalue weighted by atomic mass is 15.5. The second-order valence-electron chi connectivity index (χ2n) is 4.77. The Morgan fingerprint density at radius 3 is 2.36 bits per heavy atom. The lowest BCUT2D eigenvalue weighted by molar-refractivity contribution is 0.0812. The van der Waals surface area contributed by atoms with Crippen molar-refractivity contribution in [3.05, 3.63) is 0 Å². The van der Waals surface area contributed by atoms with Gasteiger partial charge in [0, 0.05) is 32.2 Å². The van der Waals surface area contributed by atoms with Crippen LogP contribution in [0, 0.1) is 5.92 Å². The Labute approximate surface area is 87.4 Å². The van der Waals surface area contributed by atoms with E-state index in [9.17, 15) is 0 Å².